The van der Waals surface area contributed by atoms with Crippen molar-refractivity contribution in [3.8, 4) is 6.07 Å². The molecule has 0 bridgehead atoms. The summed E-state index contributed by atoms with van der Waals surface area (Å²) < 4.78 is 13.7. The number of halogens is 2. The number of hydrogen-bond donors (Lipinski definition) is 1. The largest absolute Gasteiger partial charge is 0.339 e. The molecule has 14 heavy (non-hydrogen) atoms. The van der Waals surface area contributed by atoms with Crippen LogP contribution in [0.5, 0.6) is 0 Å². The number of carbonyl (C=O) groups excluding carboxylic acids is 1. The number of benzene rings is 1. The van der Waals surface area contributed by atoms with Gasteiger partial charge in [0.05, 0.1) is 11.6 Å². The van der Waals surface area contributed by atoms with Crippen molar-refractivity contribution in [2.24, 2.45) is 0 Å². The molecule has 1 rings (SSSR count). The highest BCUT2D eigenvalue weighted by Gasteiger charge is 2.10. The Morgan fingerprint density at radius 1 is 1.64 bits per heavy atom. The Morgan fingerprint density at radius 2 is 2.36 bits per heavy atom. The zero-order chi connectivity index (χ0) is 10.6. The van der Waals surface area contributed by atoms with Crippen molar-refractivity contribution in [3.05, 3.63) is 34.1 Å². The molecule has 1 aromatic carbocycles. The number of nitrogens with zero attached hydrogens (tertiary/aromatic N) is 1. The summed E-state index contributed by atoms with van der Waals surface area (Å²) in [6.07, 6.45) is 0. The summed E-state index contributed by atoms with van der Waals surface area (Å²) in [5, 5.41) is 10.5. The smallest absolute Gasteiger partial charge is 0.255 e. The lowest BCUT2D eigenvalue weighted by molar-refractivity contribution is 0.0954. The highest BCUT2D eigenvalue weighted by molar-refractivity contribution is 9.10. The third kappa shape index (κ3) is 2.54. The maximum Gasteiger partial charge on any atom is 0.255 e. The fourth-order valence-corrected chi connectivity index (χ4v) is 1.22. The second-order valence-corrected chi connectivity index (χ2v) is 3.38. The second kappa shape index (κ2) is 4.72. The zero-order valence-electron chi connectivity index (χ0n) is 7.05. The van der Waals surface area contributed by atoms with Crippen molar-refractivity contribution in [3.63, 3.8) is 0 Å². The summed E-state index contributed by atoms with van der Waals surface area (Å²) in [5.74, 6) is -1.20. The number of nitriles is 1. The Bertz CT molecular complexity index is 400. The topological polar surface area (TPSA) is 52.9 Å². The molecule has 0 saturated heterocycles. The molecule has 0 radical (unpaired) electrons. The minimum atomic E-state index is -0.616. The third-order valence-corrected chi connectivity index (χ3v) is 2.00. The predicted molar refractivity (Wildman–Crippen MR) is 52.0 cm³/mol. The molecule has 72 valence electrons. The second-order valence-electron chi connectivity index (χ2n) is 2.46. The van der Waals surface area contributed by atoms with Crippen LogP contribution in [0.25, 0.3) is 0 Å². The molecule has 1 aromatic rings. The summed E-state index contributed by atoms with van der Waals surface area (Å²) in [6.45, 7) is -0.131. The van der Waals surface area contributed by atoms with Crippen molar-refractivity contribution in [2.75, 3.05) is 6.54 Å². The van der Waals surface area contributed by atoms with E-state index in [2.05, 4.69) is 21.2 Å². The van der Waals surface area contributed by atoms with Gasteiger partial charge in [0.1, 0.15) is 12.4 Å². The van der Waals surface area contributed by atoms with Gasteiger partial charge in [-0.2, -0.15) is 5.26 Å². The van der Waals surface area contributed by atoms with Gasteiger partial charge in [-0.3, -0.25) is 4.79 Å². The summed E-state index contributed by atoms with van der Waals surface area (Å²) in [5.41, 5.74) is -0.0662. The fourth-order valence-electron chi connectivity index (χ4n) is 0.889. The number of nitrogens with one attached hydrogen (secondary N) is 1. The van der Waals surface area contributed by atoms with Gasteiger partial charge >= 0.3 is 0 Å². The standard InChI is InChI=1S/C9H6BrFN2O/c10-6-1-2-7(8(11)5-6)9(14)13-4-3-12/h1-2,5H,4H2,(H,13,14). The van der Waals surface area contributed by atoms with Crippen LogP contribution in [0.1, 0.15) is 10.4 Å². The van der Waals surface area contributed by atoms with E-state index >= 15 is 0 Å². The molecule has 0 atom stereocenters. The number of rotatable bonds is 2. The first-order valence-corrected chi connectivity index (χ1v) is 4.54. The molecule has 0 unspecified atom stereocenters. The Morgan fingerprint density at radius 3 is 2.93 bits per heavy atom. The molecule has 0 aliphatic rings. The van der Waals surface area contributed by atoms with Crippen LogP contribution in [0.2, 0.25) is 0 Å². The van der Waals surface area contributed by atoms with Gasteiger partial charge in [0.2, 0.25) is 0 Å². The summed E-state index contributed by atoms with van der Waals surface area (Å²) in [6, 6.07) is 5.84. The van der Waals surface area contributed by atoms with E-state index in [1.165, 1.54) is 12.1 Å². The van der Waals surface area contributed by atoms with E-state index in [0.717, 1.165) is 0 Å². The number of hydrogen-bond acceptors (Lipinski definition) is 2. The molecule has 0 aliphatic carbocycles. The summed E-state index contributed by atoms with van der Waals surface area (Å²) >= 11 is 3.07. The van der Waals surface area contributed by atoms with E-state index in [9.17, 15) is 9.18 Å². The van der Waals surface area contributed by atoms with E-state index in [1.54, 1.807) is 12.1 Å². The molecule has 1 N–H and O–H groups in total. The lowest BCUT2D eigenvalue weighted by Crippen LogP contribution is -2.24. The molecule has 0 spiro atoms. The Hall–Kier alpha value is -1.41. The maximum absolute atomic E-state index is 13.2. The van der Waals surface area contributed by atoms with Crippen molar-refractivity contribution >= 4 is 21.8 Å². The van der Waals surface area contributed by atoms with Gasteiger partial charge < -0.3 is 5.32 Å². The molecule has 0 aromatic heterocycles. The van der Waals surface area contributed by atoms with Crippen LogP contribution in [0.15, 0.2) is 22.7 Å². The highest BCUT2D eigenvalue weighted by atomic mass is 79.9. The first-order valence-electron chi connectivity index (χ1n) is 3.75. The molecule has 0 aliphatic heterocycles. The van der Waals surface area contributed by atoms with Crippen LogP contribution in [0.4, 0.5) is 4.39 Å². The summed E-state index contributed by atoms with van der Waals surface area (Å²) in [7, 11) is 0. The Labute approximate surface area is 88.7 Å². The SMILES string of the molecule is N#CCNC(=O)c1ccc(Br)cc1F. The van der Waals surface area contributed by atoms with Gasteiger partial charge in [-0.25, -0.2) is 4.39 Å². The molecule has 0 heterocycles. The molecule has 3 nitrogen and oxygen atoms in total. The molecular formula is C9H6BrFN2O. The predicted octanol–water partition coefficient (Wildman–Crippen LogP) is 1.84. The van der Waals surface area contributed by atoms with E-state index in [1.807, 2.05) is 0 Å². The van der Waals surface area contributed by atoms with Crippen molar-refractivity contribution < 1.29 is 9.18 Å². The Balaban J connectivity index is 2.86. The van der Waals surface area contributed by atoms with E-state index in [-0.39, 0.29) is 12.1 Å². The number of carbonyl (C=O) groups is 1. The van der Waals surface area contributed by atoms with Crippen molar-refractivity contribution in [1.82, 2.24) is 5.32 Å². The monoisotopic (exact) mass is 256 g/mol. The zero-order valence-corrected chi connectivity index (χ0v) is 8.64. The van der Waals surface area contributed by atoms with Crippen LogP contribution < -0.4 is 5.32 Å². The first kappa shape index (κ1) is 10.7. The van der Waals surface area contributed by atoms with Crippen LogP contribution in [-0.2, 0) is 0 Å². The quantitative estimate of drug-likeness (QED) is 0.822. The third-order valence-electron chi connectivity index (χ3n) is 1.50. The highest BCUT2D eigenvalue weighted by Crippen LogP contribution is 2.14. The van der Waals surface area contributed by atoms with E-state index < -0.39 is 11.7 Å². The van der Waals surface area contributed by atoms with Gasteiger partial charge in [0.25, 0.3) is 5.91 Å². The van der Waals surface area contributed by atoms with Crippen molar-refractivity contribution in [1.29, 1.82) is 5.26 Å². The van der Waals surface area contributed by atoms with Crippen LogP contribution >= 0.6 is 15.9 Å². The average Bonchev–Trinajstić information content (AvgIpc) is 2.14. The number of amides is 1. The Kier molecular flexibility index (Phi) is 3.60. The van der Waals surface area contributed by atoms with E-state index in [4.69, 9.17) is 5.26 Å². The molecular weight excluding hydrogens is 251 g/mol. The van der Waals surface area contributed by atoms with Crippen molar-refractivity contribution in [2.45, 2.75) is 0 Å². The van der Waals surface area contributed by atoms with Gasteiger partial charge in [-0.15, -0.1) is 0 Å². The fraction of sp³-hybridized carbons (Fsp3) is 0.111. The van der Waals surface area contributed by atoms with Gasteiger partial charge in [-0.1, -0.05) is 15.9 Å². The molecule has 5 heteroatoms. The van der Waals surface area contributed by atoms with Gasteiger partial charge in [0, 0.05) is 4.47 Å². The first-order chi connectivity index (χ1) is 6.65. The van der Waals surface area contributed by atoms with Gasteiger partial charge in [0.15, 0.2) is 0 Å². The summed E-state index contributed by atoms with van der Waals surface area (Å²) in [4.78, 5) is 11.2. The van der Waals surface area contributed by atoms with E-state index in [0.29, 0.717) is 4.47 Å². The maximum atomic E-state index is 13.2. The minimum absolute atomic E-state index is 0.0662. The molecule has 0 fully saturated rings. The normalized spacial score (nSPS) is 9.21. The molecule has 0 saturated carbocycles. The lowest BCUT2D eigenvalue weighted by atomic mass is 10.2. The lowest BCUT2D eigenvalue weighted by Gasteiger charge is -2.02. The van der Waals surface area contributed by atoms with Crippen LogP contribution in [0, 0.1) is 17.1 Å². The minimum Gasteiger partial charge on any atom is -0.339 e. The van der Waals surface area contributed by atoms with Crippen LogP contribution in [0.3, 0.4) is 0 Å². The average molecular weight is 257 g/mol. The molecule has 1 amide bonds. The van der Waals surface area contributed by atoms with Gasteiger partial charge in [-0.05, 0) is 18.2 Å². The van der Waals surface area contributed by atoms with Crippen LogP contribution in [-0.4, -0.2) is 12.5 Å².